The van der Waals surface area contributed by atoms with Gasteiger partial charge in [-0.1, -0.05) is 30.8 Å². The van der Waals surface area contributed by atoms with E-state index in [9.17, 15) is 4.79 Å². The fourth-order valence-corrected chi connectivity index (χ4v) is 5.42. The van der Waals surface area contributed by atoms with Crippen LogP contribution >= 0.6 is 23.1 Å². The van der Waals surface area contributed by atoms with Crippen LogP contribution < -0.4 is 5.73 Å². The minimum Gasteiger partial charge on any atom is -0.383 e. The van der Waals surface area contributed by atoms with Gasteiger partial charge in [0.25, 0.3) is 0 Å². The first-order chi connectivity index (χ1) is 12.5. The predicted molar refractivity (Wildman–Crippen MR) is 111 cm³/mol. The highest BCUT2D eigenvalue weighted by Crippen LogP contribution is 2.39. The smallest absolute Gasteiger partial charge is 0.233 e. The number of nitrogens with two attached hydrogens (primary N) is 1. The lowest BCUT2D eigenvalue weighted by Crippen LogP contribution is -2.32. The molecule has 1 aliphatic rings. The average Bonchev–Trinajstić information content (AvgIpc) is 2.97. The summed E-state index contributed by atoms with van der Waals surface area (Å²) < 4.78 is 0. The van der Waals surface area contributed by atoms with E-state index in [0.29, 0.717) is 30.0 Å². The molecule has 0 aromatic carbocycles. The summed E-state index contributed by atoms with van der Waals surface area (Å²) in [6, 6.07) is 0. The first-order valence-corrected chi connectivity index (χ1v) is 10.5. The van der Waals surface area contributed by atoms with E-state index >= 15 is 0 Å². The summed E-state index contributed by atoms with van der Waals surface area (Å²) >= 11 is 3.05. The van der Waals surface area contributed by atoms with Crippen LogP contribution in [-0.4, -0.2) is 39.6 Å². The number of thioether (sulfide) groups is 1. The molecular weight excluding hydrogens is 364 g/mol. The summed E-state index contributed by atoms with van der Waals surface area (Å²) in [6.07, 6.45) is 6.75. The number of fused-ring (bicyclic) bond motifs is 3. The van der Waals surface area contributed by atoms with Crippen LogP contribution in [0.3, 0.4) is 0 Å². The first kappa shape index (κ1) is 18.9. The Morgan fingerprint density at radius 1 is 1.38 bits per heavy atom. The second kappa shape index (κ2) is 8.22. The molecule has 0 unspecified atom stereocenters. The van der Waals surface area contributed by atoms with Gasteiger partial charge in [-0.3, -0.25) is 4.79 Å². The molecule has 1 aliphatic carbocycles. The van der Waals surface area contributed by atoms with Crippen molar-refractivity contribution in [2.45, 2.75) is 31.3 Å². The molecule has 5 nitrogen and oxygen atoms in total. The van der Waals surface area contributed by atoms with Gasteiger partial charge in [-0.25, -0.2) is 9.97 Å². The summed E-state index contributed by atoms with van der Waals surface area (Å²) in [5.74, 6) is 1.52. The highest BCUT2D eigenvalue weighted by atomic mass is 32.2. The molecule has 0 aliphatic heterocycles. The molecule has 1 amide bonds. The van der Waals surface area contributed by atoms with Gasteiger partial charge >= 0.3 is 0 Å². The largest absolute Gasteiger partial charge is 0.383 e. The fourth-order valence-electron chi connectivity index (χ4n) is 3.22. The fraction of sp³-hybridized carbons (Fsp3) is 0.421. The van der Waals surface area contributed by atoms with Crippen molar-refractivity contribution in [3.8, 4) is 0 Å². The Labute approximate surface area is 162 Å². The number of rotatable bonds is 7. The van der Waals surface area contributed by atoms with Crippen LogP contribution in [0, 0.1) is 5.92 Å². The van der Waals surface area contributed by atoms with E-state index in [4.69, 9.17) is 5.73 Å². The number of nitrogen functional groups attached to an aromatic ring is 1. The maximum Gasteiger partial charge on any atom is 0.233 e. The molecule has 7 heteroatoms. The van der Waals surface area contributed by atoms with Gasteiger partial charge in [0.2, 0.25) is 5.91 Å². The van der Waals surface area contributed by atoms with Crippen molar-refractivity contribution in [2.24, 2.45) is 5.92 Å². The second-order valence-corrected chi connectivity index (χ2v) is 8.61. The van der Waals surface area contributed by atoms with Crippen molar-refractivity contribution >= 4 is 45.0 Å². The summed E-state index contributed by atoms with van der Waals surface area (Å²) in [7, 11) is 0. The molecule has 2 aromatic heterocycles. The van der Waals surface area contributed by atoms with Crippen molar-refractivity contribution in [3.63, 3.8) is 0 Å². The third-order valence-electron chi connectivity index (χ3n) is 4.54. The average molecular weight is 389 g/mol. The van der Waals surface area contributed by atoms with Crippen LogP contribution in [0.5, 0.6) is 0 Å². The molecular formula is C19H24N4OS2. The molecule has 0 saturated heterocycles. The topological polar surface area (TPSA) is 72.1 Å². The van der Waals surface area contributed by atoms with Gasteiger partial charge in [-0.2, -0.15) is 0 Å². The van der Waals surface area contributed by atoms with Gasteiger partial charge < -0.3 is 10.6 Å². The Morgan fingerprint density at radius 2 is 2.12 bits per heavy atom. The van der Waals surface area contributed by atoms with Crippen LogP contribution in [-0.2, 0) is 17.6 Å². The molecule has 2 aromatic rings. The monoisotopic (exact) mass is 388 g/mol. The number of hydrogen-bond donors (Lipinski definition) is 1. The van der Waals surface area contributed by atoms with Gasteiger partial charge in [0.1, 0.15) is 10.6 Å². The van der Waals surface area contributed by atoms with Gasteiger partial charge in [-0.05, 0) is 30.7 Å². The highest BCUT2D eigenvalue weighted by Gasteiger charge is 2.23. The molecule has 0 spiro atoms. The third kappa shape index (κ3) is 3.94. The SMILES string of the molecule is C=CCN(CC=C)C(=O)CSc1nc(N)c2c3c(sc2n1)C[C@@H](C)CC3. The number of carbonyl (C=O) groups excluding carboxylic acids is 1. The normalized spacial score (nSPS) is 16.3. The Bertz CT molecular complexity index is 836. The van der Waals surface area contributed by atoms with Crippen molar-refractivity contribution in [1.82, 2.24) is 14.9 Å². The van der Waals surface area contributed by atoms with Gasteiger partial charge in [-0.15, -0.1) is 24.5 Å². The maximum atomic E-state index is 12.4. The predicted octanol–water partition coefficient (Wildman–Crippen LogP) is 3.69. The molecule has 3 rings (SSSR count). The van der Waals surface area contributed by atoms with E-state index in [1.165, 1.54) is 28.6 Å². The Morgan fingerprint density at radius 3 is 2.81 bits per heavy atom. The van der Waals surface area contributed by atoms with Crippen molar-refractivity contribution in [1.29, 1.82) is 0 Å². The van der Waals surface area contributed by atoms with E-state index in [2.05, 4.69) is 30.0 Å². The maximum absolute atomic E-state index is 12.4. The van der Waals surface area contributed by atoms with Crippen LogP contribution in [0.2, 0.25) is 0 Å². The lowest BCUT2D eigenvalue weighted by molar-refractivity contribution is -0.127. The summed E-state index contributed by atoms with van der Waals surface area (Å²) in [4.78, 5) is 25.5. The minimum absolute atomic E-state index is 0.0105. The Balaban J connectivity index is 1.78. The van der Waals surface area contributed by atoms with E-state index in [1.807, 2.05) is 0 Å². The zero-order valence-corrected chi connectivity index (χ0v) is 16.7. The van der Waals surface area contributed by atoms with Crippen molar-refractivity contribution in [3.05, 3.63) is 35.8 Å². The van der Waals surface area contributed by atoms with E-state index in [1.54, 1.807) is 28.4 Å². The Kier molecular flexibility index (Phi) is 5.98. The van der Waals surface area contributed by atoms with E-state index in [-0.39, 0.29) is 11.7 Å². The number of nitrogens with zero attached hydrogens (tertiary/aromatic N) is 3. The summed E-state index contributed by atoms with van der Waals surface area (Å²) in [5.41, 5.74) is 7.57. The molecule has 2 N–H and O–H groups in total. The standard InChI is InChI=1S/C19H24N4OS2/c1-4-8-23(9-5-2)15(24)11-25-19-21-17(20)16-13-7-6-12(3)10-14(13)26-18(16)22-19/h4-5,12H,1-2,6-11H2,3H3,(H2,20,21,22)/t12-/m0/s1. The number of aromatic nitrogens is 2. The zero-order valence-electron chi connectivity index (χ0n) is 15.0. The third-order valence-corrected chi connectivity index (χ3v) is 6.52. The van der Waals surface area contributed by atoms with Crippen molar-refractivity contribution in [2.75, 3.05) is 24.6 Å². The quantitative estimate of drug-likeness (QED) is 0.445. The molecule has 2 heterocycles. The lowest BCUT2D eigenvalue weighted by atomic mass is 9.89. The number of hydrogen-bond acceptors (Lipinski definition) is 6. The highest BCUT2D eigenvalue weighted by molar-refractivity contribution is 7.99. The van der Waals surface area contributed by atoms with Gasteiger partial charge in [0.05, 0.1) is 11.1 Å². The minimum atomic E-state index is 0.0105. The Hall–Kier alpha value is -1.86. The molecule has 0 radical (unpaired) electrons. The van der Waals surface area contributed by atoms with E-state index in [0.717, 1.165) is 23.1 Å². The number of amides is 1. The number of carbonyl (C=O) groups is 1. The molecule has 138 valence electrons. The molecule has 26 heavy (non-hydrogen) atoms. The molecule has 1 atom stereocenters. The van der Waals surface area contributed by atoms with Crippen LogP contribution in [0.4, 0.5) is 5.82 Å². The number of anilines is 1. The first-order valence-electron chi connectivity index (χ1n) is 8.73. The van der Waals surface area contributed by atoms with Crippen LogP contribution in [0.25, 0.3) is 10.2 Å². The number of thiophene rings is 1. The van der Waals surface area contributed by atoms with Gasteiger partial charge in [0, 0.05) is 18.0 Å². The van der Waals surface area contributed by atoms with Crippen molar-refractivity contribution < 1.29 is 4.79 Å². The zero-order chi connectivity index (χ0) is 18.7. The van der Waals surface area contributed by atoms with E-state index < -0.39 is 0 Å². The molecule has 0 bridgehead atoms. The van der Waals surface area contributed by atoms with Gasteiger partial charge in [0.15, 0.2) is 5.16 Å². The van der Waals surface area contributed by atoms with Crippen LogP contribution in [0.1, 0.15) is 23.8 Å². The second-order valence-electron chi connectivity index (χ2n) is 6.59. The molecule has 0 saturated carbocycles. The summed E-state index contributed by atoms with van der Waals surface area (Å²) in [5, 5.41) is 1.58. The summed E-state index contributed by atoms with van der Waals surface area (Å²) in [6.45, 7) is 10.7. The van der Waals surface area contributed by atoms with Crippen LogP contribution in [0.15, 0.2) is 30.5 Å². The lowest BCUT2D eigenvalue weighted by Gasteiger charge is -2.18. The number of aryl methyl sites for hydroxylation is 1. The molecule has 0 fully saturated rings.